The van der Waals surface area contributed by atoms with Gasteiger partial charge in [0.1, 0.15) is 0 Å². The average Bonchev–Trinajstić information content (AvgIpc) is 3.10. The summed E-state index contributed by atoms with van der Waals surface area (Å²) in [6, 6.07) is 6.40. The van der Waals surface area contributed by atoms with Gasteiger partial charge in [-0.05, 0) is 25.0 Å². The lowest BCUT2D eigenvalue weighted by Crippen LogP contribution is -2.16. The first-order valence-corrected chi connectivity index (χ1v) is 6.28. The fourth-order valence-electron chi connectivity index (χ4n) is 2.32. The summed E-state index contributed by atoms with van der Waals surface area (Å²) in [5.74, 6) is 0. The molecular weight excluding hydrogens is 244 g/mol. The van der Waals surface area contributed by atoms with E-state index in [4.69, 9.17) is 0 Å². The molecule has 6 nitrogen and oxygen atoms in total. The van der Waals surface area contributed by atoms with Crippen molar-refractivity contribution in [2.24, 2.45) is 0 Å². The summed E-state index contributed by atoms with van der Waals surface area (Å²) in [7, 11) is 0. The third-order valence-electron chi connectivity index (χ3n) is 3.37. The van der Waals surface area contributed by atoms with Crippen molar-refractivity contribution in [3.8, 4) is 5.69 Å². The van der Waals surface area contributed by atoms with E-state index >= 15 is 0 Å². The smallest absolute Gasteiger partial charge is 0.269 e. The number of hydrogen-bond donors (Lipinski definition) is 0. The predicted molar refractivity (Wildman–Crippen MR) is 71.7 cm³/mol. The number of rotatable bonds is 3. The van der Waals surface area contributed by atoms with E-state index in [-0.39, 0.29) is 5.69 Å². The van der Waals surface area contributed by atoms with Crippen molar-refractivity contribution in [1.29, 1.82) is 0 Å². The normalized spacial score (nSPS) is 14.8. The highest BCUT2D eigenvalue weighted by atomic mass is 16.6. The fraction of sp³-hybridized carbons (Fsp3) is 0.308. The molecule has 1 aromatic heterocycles. The molecule has 0 bridgehead atoms. The van der Waals surface area contributed by atoms with Crippen molar-refractivity contribution in [3.05, 3.63) is 46.8 Å². The van der Waals surface area contributed by atoms with Crippen LogP contribution in [0.2, 0.25) is 0 Å². The molecular formula is C13H14N4O2. The minimum absolute atomic E-state index is 0.0932. The van der Waals surface area contributed by atoms with Crippen molar-refractivity contribution < 1.29 is 4.92 Å². The summed E-state index contributed by atoms with van der Waals surface area (Å²) >= 11 is 0. The van der Waals surface area contributed by atoms with E-state index in [0.29, 0.717) is 0 Å². The lowest BCUT2D eigenvalue weighted by Gasteiger charge is -2.13. The minimum Gasteiger partial charge on any atom is -0.369 e. The highest BCUT2D eigenvalue weighted by Crippen LogP contribution is 2.21. The van der Waals surface area contributed by atoms with E-state index in [1.165, 1.54) is 25.0 Å². The number of nitro benzene ring substituents is 1. The third-order valence-corrected chi connectivity index (χ3v) is 3.37. The van der Waals surface area contributed by atoms with Gasteiger partial charge in [-0.3, -0.25) is 10.1 Å². The van der Waals surface area contributed by atoms with Crippen molar-refractivity contribution >= 4 is 11.4 Å². The molecule has 0 radical (unpaired) electrons. The van der Waals surface area contributed by atoms with Gasteiger partial charge >= 0.3 is 0 Å². The molecule has 0 amide bonds. The number of anilines is 1. The Balaban J connectivity index is 1.83. The maximum atomic E-state index is 10.6. The van der Waals surface area contributed by atoms with Gasteiger partial charge in [-0.15, -0.1) is 0 Å². The quantitative estimate of drug-likeness (QED) is 0.626. The van der Waals surface area contributed by atoms with Crippen LogP contribution in [0.5, 0.6) is 0 Å². The van der Waals surface area contributed by atoms with Gasteiger partial charge in [0.15, 0.2) is 0 Å². The number of non-ortho nitro benzene ring substituents is 1. The molecule has 0 aliphatic carbocycles. The molecule has 2 aromatic rings. The molecule has 1 saturated heterocycles. The van der Waals surface area contributed by atoms with Gasteiger partial charge in [-0.25, -0.2) is 4.68 Å². The minimum atomic E-state index is -0.400. The van der Waals surface area contributed by atoms with Crippen LogP contribution in [0.15, 0.2) is 36.7 Å². The van der Waals surface area contributed by atoms with Crippen molar-refractivity contribution in [2.75, 3.05) is 18.0 Å². The van der Waals surface area contributed by atoms with E-state index in [2.05, 4.69) is 10.00 Å². The van der Waals surface area contributed by atoms with E-state index < -0.39 is 4.92 Å². The second kappa shape index (κ2) is 4.72. The Bertz CT molecular complexity index is 585. The first-order chi connectivity index (χ1) is 9.24. The summed E-state index contributed by atoms with van der Waals surface area (Å²) in [5.41, 5.74) is 2.03. The number of hydrogen-bond acceptors (Lipinski definition) is 4. The van der Waals surface area contributed by atoms with Gasteiger partial charge < -0.3 is 4.90 Å². The third kappa shape index (κ3) is 2.29. The molecule has 1 aliphatic rings. The molecule has 0 spiro atoms. The molecule has 1 fully saturated rings. The van der Waals surface area contributed by atoms with Crippen molar-refractivity contribution in [1.82, 2.24) is 9.78 Å². The van der Waals surface area contributed by atoms with Gasteiger partial charge in [0.25, 0.3) is 5.69 Å². The van der Waals surface area contributed by atoms with Crippen molar-refractivity contribution in [2.45, 2.75) is 12.8 Å². The van der Waals surface area contributed by atoms with Gasteiger partial charge in [0.05, 0.1) is 28.7 Å². The molecule has 0 atom stereocenters. The molecule has 1 aromatic carbocycles. The Kier molecular flexibility index (Phi) is 2.91. The monoisotopic (exact) mass is 258 g/mol. The Hall–Kier alpha value is -2.37. The standard InChI is InChI=1S/C13H14N4O2/c18-17(19)12-5-3-11(4-6-12)16-10-13(9-14-16)15-7-1-2-8-15/h3-6,9-10H,1-2,7-8H2. The van der Waals surface area contributed by atoms with Gasteiger partial charge in [-0.2, -0.15) is 5.10 Å². The van der Waals surface area contributed by atoms with Gasteiger partial charge in [-0.1, -0.05) is 0 Å². The van der Waals surface area contributed by atoms with E-state index in [1.807, 2.05) is 12.4 Å². The van der Waals surface area contributed by atoms with Crippen LogP contribution in [0.25, 0.3) is 5.69 Å². The first kappa shape index (κ1) is 11.7. The summed E-state index contributed by atoms with van der Waals surface area (Å²) in [5, 5.41) is 14.9. The van der Waals surface area contributed by atoms with Crippen LogP contribution >= 0.6 is 0 Å². The number of benzene rings is 1. The van der Waals surface area contributed by atoms with Gasteiger partial charge in [0, 0.05) is 25.2 Å². The molecule has 19 heavy (non-hydrogen) atoms. The van der Waals surface area contributed by atoms with Crippen molar-refractivity contribution in [3.63, 3.8) is 0 Å². The second-order valence-electron chi connectivity index (χ2n) is 4.61. The maximum Gasteiger partial charge on any atom is 0.269 e. The molecule has 98 valence electrons. The predicted octanol–water partition coefficient (Wildman–Crippen LogP) is 2.38. The molecule has 3 rings (SSSR count). The summed E-state index contributed by atoms with van der Waals surface area (Å²) in [4.78, 5) is 12.5. The van der Waals surface area contributed by atoms with Crippen LogP contribution in [-0.2, 0) is 0 Å². The van der Waals surface area contributed by atoms with Crippen LogP contribution in [0, 0.1) is 10.1 Å². The molecule has 2 heterocycles. The van der Waals surface area contributed by atoms with E-state index in [9.17, 15) is 10.1 Å². The average molecular weight is 258 g/mol. The zero-order chi connectivity index (χ0) is 13.2. The molecule has 1 aliphatic heterocycles. The molecule has 6 heteroatoms. The molecule has 0 saturated carbocycles. The molecule has 0 unspecified atom stereocenters. The van der Waals surface area contributed by atoms with E-state index in [1.54, 1.807) is 16.8 Å². The first-order valence-electron chi connectivity index (χ1n) is 6.28. The fourth-order valence-corrected chi connectivity index (χ4v) is 2.32. The lowest BCUT2D eigenvalue weighted by atomic mass is 10.3. The second-order valence-corrected chi connectivity index (χ2v) is 4.61. The Morgan fingerprint density at radius 3 is 2.42 bits per heavy atom. The topological polar surface area (TPSA) is 64.2 Å². The lowest BCUT2D eigenvalue weighted by molar-refractivity contribution is -0.384. The zero-order valence-corrected chi connectivity index (χ0v) is 10.4. The SMILES string of the molecule is O=[N+]([O-])c1ccc(-n2cc(N3CCCC3)cn2)cc1. The van der Waals surface area contributed by atoms with Crippen LogP contribution in [0.3, 0.4) is 0 Å². The van der Waals surface area contributed by atoms with E-state index in [0.717, 1.165) is 24.5 Å². The van der Waals surface area contributed by atoms with Crippen LogP contribution in [0.1, 0.15) is 12.8 Å². The number of nitrogens with zero attached hydrogens (tertiary/aromatic N) is 4. The number of aromatic nitrogens is 2. The summed E-state index contributed by atoms with van der Waals surface area (Å²) in [6.07, 6.45) is 6.25. The largest absolute Gasteiger partial charge is 0.369 e. The Morgan fingerprint density at radius 1 is 1.11 bits per heavy atom. The Labute approximate surface area is 110 Å². The summed E-state index contributed by atoms with van der Waals surface area (Å²) < 4.78 is 1.75. The zero-order valence-electron chi connectivity index (χ0n) is 10.4. The maximum absolute atomic E-state index is 10.6. The molecule has 0 N–H and O–H groups in total. The van der Waals surface area contributed by atoms with Crippen LogP contribution < -0.4 is 4.90 Å². The van der Waals surface area contributed by atoms with Crippen LogP contribution in [-0.4, -0.2) is 27.8 Å². The number of nitro groups is 1. The van der Waals surface area contributed by atoms with Gasteiger partial charge in [0.2, 0.25) is 0 Å². The highest BCUT2D eigenvalue weighted by molar-refractivity contribution is 5.47. The Morgan fingerprint density at radius 2 is 1.79 bits per heavy atom. The summed E-state index contributed by atoms with van der Waals surface area (Å²) in [6.45, 7) is 2.15. The highest BCUT2D eigenvalue weighted by Gasteiger charge is 2.14. The van der Waals surface area contributed by atoms with Crippen LogP contribution in [0.4, 0.5) is 11.4 Å².